The van der Waals surface area contributed by atoms with Gasteiger partial charge < -0.3 is 5.11 Å². The van der Waals surface area contributed by atoms with E-state index in [-0.39, 0.29) is 5.41 Å². The Morgan fingerprint density at radius 1 is 1.19 bits per heavy atom. The van der Waals surface area contributed by atoms with Crippen LogP contribution < -0.4 is 0 Å². The molecule has 2 heteroatoms. The smallest absolute Gasteiger partial charge is 0.133 e. The molecule has 0 saturated heterocycles. The summed E-state index contributed by atoms with van der Waals surface area (Å²) in [7, 11) is 3.77. The summed E-state index contributed by atoms with van der Waals surface area (Å²) >= 11 is 0. The highest BCUT2D eigenvalue weighted by atomic mass is 16.3. The van der Waals surface area contributed by atoms with Crippen molar-refractivity contribution in [3.63, 3.8) is 0 Å². The molecule has 1 N–H and O–H groups in total. The normalized spacial score (nSPS) is 14.2. The predicted octanol–water partition coefficient (Wildman–Crippen LogP) is 2.85. The number of rotatable bonds is 2. The average molecular weight is 221 g/mol. The van der Waals surface area contributed by atoms with Gasteiger partial charge in [0.2, 0.25) is 0 Å². The third kappa shape index (κ3) is 2.83. The van der Waals surface area contributed by atoms with Crippen LogP contribution in [0.3, 0.4) is 0 Å². The first-order chi connectivity index (χ1) is 7.23. The Hall–Kier alpha value is -0.860. The third-order valence-electron chi connectivity index (χ3n) is 2.91. The molecule has 0 fully saturated rings. The Balaban J connectivity index is 3.19. The van der Waals surface area contributed by atoms with Crippen molar-refractivity contribution in [3.8, 4) is 0 Å². The first kappa shape index (κ1) is 13.2. The summed E-state index contributed by atoms with van der Waals surface area (Å²) in [6, 6.07) is 6.34. The summed E-state index contributed by atoms with van der Waals surface area (Å²) in [5.74, 6) is 0. The van der Waals surface area contributed by atoms with Crippen LogP contribution in [0.1, 0.15) is 43.7 Å². The molecule has 0 radical (unpaired) electrons. The molecule has 16 heavy (non-hydrogen) atoms. The zero-order valence-corrected chi connectivity index (χ0v) is 11.2. The van der Waals surface area contributed by atoms with E-state index in [0.29, 0.717) is 0 Å². The summed E-state index contributed by atoms with van der Waals surface area (Å²) in [5.41, 5.74) is 3.51. The molecule has 0 bridgehead atoms. The molecule has 1 aromatic rings. The highest BCUT2D eigenvalue weighted by molar-refractivity contribution is 5.35. The van der Waals surface area contributed by atoms with Gasteiger partial charge in [-0.15, -0.1) is 0 Å². The molecule has 1 atom stereocenters. The maximum Gasteiger partial charge on any atom is 0.133 e. The third-order valence-corrected chi connectivity index (χ3v) is 2.91. The summed E-state index contributed by atoms with van der Waals surface area (Å²) < 4.78 is 0. The van der Waals surface area contributed by atoms with Gasteiger partial charge in [0.1, 0.15) is 6.23 Å². The first-order valence-electron chi connectivity index (χ1n) is 5.69. The molecule has 1 aromatic carbocycles. The largest absolute Gasteiger partial charge is 0.374 e. The summed E-state index contributed by atoms with van der Waals surface area (Å²) in [6.45, 7) is 8.59. The van der Waals surface area contributed by atoms with Crippen LogP contribution in [0.2, 0.25) is 0 Å². The lowest BCUT2D eigenvalue weighted by molar-refractivity contribution is 0.0389. The van der Waals surface area contributed by atoms with E-state index in [1.807, 2.05) is 25.9 Å². The second-order valence-electron chi connectivity index (χ2n) is 5.66. The van der Waals surface area contributed by atoms with Gasteiger partial charge in [-0.1, -0.05) is 39.0 Å². The fourth-order valence-corrected chi connectivity index (χ4v) is 1.66. The predicted molar refractivity (Wildman–Crippen MR) is 68.5 cm³/mol. The SMILES string of the molecule is Cc1ccc(C(C)(C)C)cc1C(O)N(C)C. The van der Waals surface area contributed by atoms with Crippen LogP contribution >= 0.6 is 0 Å². The van der Waals surface area contributed by atoms with Crippen molar-refractivity contribution in [2.75, 3.05) is 14.1 Å². The van der Waals surface area contributed by atoms with Crippen LogP contribution in [-0.4, -0.2) is 24.1 Å². The van der Waals surface area contributed by atoms with E-state index >= 15 is 0 Å². The van der Waals surface area contributed by atoms with Gasteiger partial charge in [-0.2, -0.15) is 0 Å². The maximum absolute atomic E-state index is 10.1. The van der Waals surface area contributed by atoms with Gasteiger partial charge in [0, 0.05) is 0 Å². The molecule has 90 valence electrons. The molecule has 0 saturated carbocycles. The van der Waals surface area contributed by atoms with Crippen LogP contribution in [0.25, 0.3) is 0 Å². The maximum atomic E-state index is 10.1. The van der Waals surface area contributed by atoms with Crippen molar-refractivity contribution in [3.05, 3.63) is 34.9 Å². The van der Waals surface area contributed by atoms with Crippen LogP contribution in [-0.2, 0) is 5.41 Å². The number of aliphatic hydroxyl groups excluding tert-OH is 1. The van der Waals surface area contributed by atoms with E-state index in [2.05, 4.69) is 39.0 Å². The minimum atomic E-state index is -0.526. The van der Waals surface area contributed by atoms with Crippen LogP contribution in [0, 0.1) is 6.92 Å². The molecule has 1 rings (SSSR count). The molecule has 0 aliphatic heterocycles. The highest BCUT2D eigenvalue weighted by Gasteiger charge is 2.18. The van der Waals surface area contributed by atoms with Gasteiger partial charge in [-0.3, -0.25) is 4.90 Å². The standard InChI is InChI=1S/C14H23NO/c1-10-7-8-11(14(2,3)4)9-12(10)13(16)15(5)6/h7-9,13,16H,1-6H3. The molecule has 0 spiro atoms. The Morgan fingerprint density at radius 2 is 1.75 bits per heavy atom. The monoisotopic (exact) mass is 221 g/mol. The number of aryl methyl sites for hydroxylation is 1. The summed E-state index contributed by atoms with van der Waals surface area (Å²) in [4.78, 5) is 1.81. The van der Waals surface area contributed by atoms with Crippen molar-refractivity contribution < 1.29 is 5.11 Å². The summed E-state index contributed by atoms with van der Waals surface area (Å²) in [6.07, 6.45) is -0.526. The lowest BCUT2D eigenvalue weighted by Crippen LogP contribution is -2.21. The van der Waals surface area contributed by atoms with Gasteiger partial charge in [-0.25, -0.2) is 0 Å². The molecule has 0 heterocycles. The molecule has 0 aliphatic rings. The van der Waals surface area contributed by atoms with Gasteiger partial charge in [0.05, 0.1) is 0 Å². The van der Waals surface area contributed by atoms with Gasteiger partial charge in [0.15, 0.2) is 0 Å². The average Bonchev–Trinajstić information content (AvgIpc) is 2.15. The van der Waals surface area contributed by atoms with Gasteiger partial charge in [-0.05, 0) is 43.1 Å². The molecule has 0 amide bonds. The second-order valence-corrected chi connectivity index (χ2v) is 5.66. The van der Waals surface area contributed by atoms with E-state index in [1.165, 1.54) is 5.56 Å². The van der Waals surface area contributed by atoms with Crippen molar-refractivity contribution in [2.24, 2.45) is 0 Å². The Kier molecular flexibility index (Phi) is 3.76. The van der Waals surface area contributed by atoms with E-state index in [1.54, 1.807) is 0 Å². The van der Waals surface area contributed by atoms with Crippen LogP contribution in [0.15, 0.2) is 18.2 Å². The number of nitrogens with zero attached hydrogens (tertiary/aromatic N) is 1. The molecule has 2 nitrogen and oxygen atoms in total. The first-order valence-corrected chi connectivity index (χ1v) is 5.69. The Morgan fingerprint density at radius 3 is 2.19 bits per heavy atom. The Bertz CT molecular complexity index is 363. The van der Waals surface area contributed by atoms with E-state index in [4.69, 9.17) is 0 Å². The number of benzene rings is 1. The van der Waals surface area contributed by atoms with Crippen molar-refractivity contribution >= 4 is 0 Å². The number of aliphatic hydroxyl groups is 1. The molecule has 1 unspecified atom stereocenters. The fraction of sp³-hybridized carbons (Fsp3) is 0.571. The molecule has 0 aliphatic carbocycles. The molecular formula is C14H23NO. The molecule has 0 aromatic heterocycles. The minimum Gasteiger partial charge on any atom is -0.374 e. The van der Waals surface area contributed by atoms with E-state index in [9.17, 15) is 5.11 Å². The summed E-state index contributed by atoms with van der Waals surface area (Å²) in [5, 5.41) is 10.1. The lowest BCUT2D eigenvalue weighted by Gasteiger charge is -2.25. The van der Waals surface area contributed by atoms with Gasteiger partial charge >= 0.3 is 0 Å². The number of hydrogen-bond donors (Lipinski definition) is 1. The van der Waals surface area contributed by atoms with Crippen LogP contribution in [0.4, 0.5) is 0 Å². The number of hydrogen-bond acceptors (Lipinski definition) is 2. The van der Waals surface area contributed by atoms with Crippen molar-refractivity contribution in [1.82, 2.24) is 4.90 Å². The Labute approximate surface area is 98.9 Å². The van der Waals surface area contributed by atoms with Crippen LogP contribution in [0.5, 0.6) is 0 Å². The topological polar surface area (TPSA) is 23.5 Å². The fourth-order valence-electron chi connectivity index (χ4n) is 1.66. The zero-order chi connectivity index (χ0) is 12.5. The van der Waals surface area contributed by atoms with Crippen molar-refractivity contribution in [1.29, 1.82) is 0 Å². The second kappa shape index (κ2) is 4.56. The zero-order valence-electron chi connectivity index (χ0n) is 11.2. The molecular weight excluding hydrogens is 198 g/mol. The highest BCUT2D eigenvalue weighted by Crippen LogP contribution is 2.27. The van der Waals surface area contributed by atoms with Crippen molar-refractivity contribution in [2.45, 2.75) is 39.3 Å². The van der Waals surface area contributed by atoms with E-state index in [0.717, 1.165) is 11.1 Å². The van der Waals surface area contributed by atoms with Gasteiger partial charge in [0.25, 0.3) is 0 Å². The minimum absolute atomic E-state index is 0.120. The quantitative estimate of drug-likeness (QED) is 0.776. The lowest BCUT2D eigenvalue weighted by atomic mass is 9.85. The van der Waals surface area contributed by atoms with E-state index < -0.39 is 6.23 Å².